The average molecular weight is 314 g/mol. The van der Waals surface area contributed by atoms with Gasteiger partial charge in [0.05, 0.1) is 18.8 Å². The number of urea groups is 1. The van der Waals surface area contributed by atoms with E-state index in [4.69, 9.17) is 0 Å². The Kier molecular flexibility index (Phi) is 5.51. The van der Waals surface area contributed by atoms with E-state index in [2.05, 4.69) is 25.7 Å². The predicted octanol–water partition coefficient (Wildman–Crippen LogP) is 3.14. The topological polar surface area (TPSA) is 92.4 Å². The van der Waals surface area contributed by atoms with Gasteiger partial charge in [0, 0.05) is 17.6 Å². The molecule has 120 valence electrons. The third kappa shape index (κ3) is 4.99. The highest BCUT2D eigenvalue weighted by molar-refractivity contribution is 5.91. The number of ether oxygens (including phenoxy) is 1. The van der Waals surface area contributed by atoms with E-state index in [1.54, 1.807) is 30.5 Å². The Morgan fingerprint density at radius 3 is 2.48 bits per heavy atom. The van der Waals surface area contributed by atoms with Crippen molar-refractivity contribution in [3.8, 4) is 0 Å². The second-order valence-corrected chi connectivity index (χ2v) is 4.77. The zero-order valence-corrected chi connectivity index (χ0v) is 12.9. The number of anilines is 2. The molecule has 1 heterocycles. The molecule has 3 N–H and O–H groups in total. The molecule has 1 aromatic heterocycles. The number of hydrogen-bond acceptors (Lipinski definition) is 4. The van der Waals surface area contributed by atoms with Gasteiger partial charge in [0.1, 0.15) is 0 Å². The Balaban J connectivity index is 1.95. The SMILES string of the molecule is COC(=O)Nc1cccc(NC(=O)N[C@@H](C)c2ccccn2)c1. The van der Waals surface area contributed by atoms with Crippen LogP contribution in [-0.2, 0) is 4.74 Å². The van der Waals surface area contributed by atoms with Crippen molar-refractivity contribution in [2.24, 2.45) is 0 Å². The zero-order chi connectivity index (χ0) is 16.7. The summed E-state index contributed by atoms with van der Waals surface area (Å²) >= 11 is 0. The third-order valence-electron chi connectivity index (χ3n) is 3.03. The number of aromatic nitrogens is 1. The summed E-state index contributed by atoms with van der Waals surface area (Å²) in [4.78, 5) is 27.4. The summed E-state index contributed by atoms with van der Waals surface area (Å²) in [6, 6.07) is 11.7. The number of carbonyl (C=O) groups is 2. The molecule has 0 bridgehead atoms. The molecule has 0 unspecified atom stereocenters. The molecule has 0 aliphatic rings. The minimum atomic E-state index is -0.574. The Morgan fingerprint density at radius 1 is 1.09 bits per heavy atom. The highest BCUT2D eigenvalue weighted by Crippen LogP contribution is 2.16. The van der Waals surface area contributed by atoms with Crippen molar-refractivity contribution in [2.45, 2.75) is 13.0 Å². The number of nitrogens with zero attached hydrogens (tertiary/aromatic N) is 1. The van der Waals surface area contributed by atoms with Gasteiger partial charge in [0.25, 0.3) is 0 Å². The smallest absolute Gasteiger partial charge is 0.411 e. The van der Waals surface area contributed by atoms with E-state index in [-0.39, 0.29) is 12.1 Å². The lowest BCUT2D eigenvalue weighted by molar-refractivity contribution is 0.187. The zero-order valence-electron chi connectivity index (χ0n) is 12.9. The van der Waals surface area contributed by atoms with Crippen molar-refractivity contribution in [3.63, 3.8) is 0 Å². The van der Waals surface area contributed by atoms with Crippen LogP contribution in [0.3, 0.4) is 0 Å². The molecule has 7 nitrogen and oxygen atoms in total. The molecule has 0 aliphatic heterocycles. The fourth-order valence-electron chi connectivity index (χ4n) is 1.91. The van der Waals surface area contributed by atoms with Crippen molar-refractivity contribution in [1.29, 1.82) is 0 Å². The number of pyridine rings is 1. The number of amides is 3. The highest BCUT2D eigenvalue weighted by Gasteiger charge is 2.10. The van der Waals surface area contributed by atoms with Gasteiger partial charge >= 0.3 is 12.1 Å². The lowest BCUT2D eigenvalue weighted by Crippen LogP contribution is -2.31. The maximum Gasteiger partial charge on any atom is 0.411 e. The van der Waals surface area contributed by atoms with Crippen LogP contribution >= 0.6 is 0 Å². The van der Waals surface area contributed by atoms with E-state index in [1.165, 1.54) is 7.11 Å². The van der Waals surface area contributed by atoms with Crippen molar-refractivity contribution >= 4 is 23.5 Å². The van der Waals surface area contributed by atoms with Crippen LogP contribution < -0.4 is 16.0 Å². The van der Waals surface area contributed by atoms with Gasteiger partial charge in [-0.2, -0.15) is 0 Å². The fraction of sp³-hybridized carbons (Fsp3) is 0.188. The molecule has 1 atom stereocenters. The first-order valence-electron chi connectivity index (χ1n) is 7.02. The molecule has 3 amide bonds. The van der Waals surface area contributed by atoms with Gasteiger partial charge in [0.15, 0.2) is 0 Å². The summed E-state index contributed by atoms with van der Waals surface area (Å²) in [6.45, 7) is 1.84. The molecule has 0 saturated carbocycles. The Bertz CT molecular complexity index is 676. The summed E-state index contributed by atoms with van der Waals surface area (Å²) in [6.07, 6.45) is 1.10. The summed E-state index contributed by atoms with van der Waals surface area (Å²) in [5, 5.41) is 8.02. The molecule has 0 aliphatic carbocycles. The minimum absolute atomic E-state index is 0.229. The highest BCUT2D eigenvalue weighted by atomic mass is 16.5. The van der Waals surface area contributed by atoms with E-state index >= 15 is 0 Å². The van der Waals surface area contributed by atoms with E-state index < -0.39 is 6.09 Å². The van der Waals surface area contributed by atoms with Crippen LogP contribution in [0.5, 0.6) is 0 Å². The van der Waals surface area contributed by atoms with Gasteiger partial charge in [-0.1, -0.05) is 12.1 Å². The first kappa shape index (κ1) is 16.3. The second kappa shape index (κ2) is 7.79. The normalized spacial score (nSPS) is 11.2. The molecule has 0 saturated heterocycles. The monoisotopic (exact) mass is 314 g/mol. The quantitative estimate of drug-likeness (QED) is 0.808. The van der Waals surface area contributed by atoms with Gasteiger partial charge in [-0.3, -0.25) is 10.3 Å². The van der Waals surface area contributed by atoms with Gasteiger partial charge in [0.2, 0.25) is 0 Å². The van der Waals surface area contributed by atoms with Gasteiger partial charge in [-0.05, 0) is 37.3 Å². The number of rotatable bonds is 4. The van der Waals surface area contributed by atoms with Crippen LogP contribution in [-0.4, -0.2) is 24.2 Å². The summed E-state index contributed by atoms with van der Waals surface area (Å²) in [5.74, 6) is 0. The van der Waals surface area contributed by atoms with E-state index in [0.29, 0.717) is 11.4 Å². The summed E-state index contributed by atoms with van der Waals surface area (Å²) in [5.41, 5.74) is 1.83. The first-order valence-corrected chi connectivity index (χ1v) is 7.02. The largest absolute Gasteiger partial charge is 0.453 e. The number of methoxy groups -OCH3 is 1. The van der Waals surface area contributed by atoms with Gasteiger partial charge in [-0.15, -0.1) is 0 Å². The minimum Gasteiger partial charge on any atom is -0.453 e. The number of benzene rings is 1. The fourth-order valence-corrected chi connectivity index (χ4v) is 1.91. The maximum absolute atomic E-state index is 12.0. The van der Waals surface area contributed by atoms with Crippen LogP contribution in [0.1, 0.15) is 18.7 Å². The Hall–Kier alpha value is -3.09. The molecular weight excluding hydrogens is 296 g/mol. The van der Waals surface area contributed by atoms with Crippen LogP contribution in [0.4, 0.5) is 21.0 Å². The van der Waals surface area contributed by atoms with Gasteiger partial charge < -0.3 is 15.4 Å². The Morgan fingerprint density at radius 2 is 1.83 bits per heavy atom. The van der Waals surface area contributed by atoms with E-state index in [0.717, 1.165) is 5.69 Å². The molecule has 0 radical (unpaired) electrons. The average Bonchev–Trinajstić information content (AvgIpc) is 2.55. The third-order valence-corrected chi connectivity index (χ3v) is 3.03. The molecule has 23 heavy (non-hydrogen) atoms. The van der Waals surface area contributed by atoms with Crippen molar-refractivity contribution in [3.05, 3.63) is 54.4 Å². The number of hydrogen-bond donors (Lipinski definition) is 3. The molecule has 1 aromatic carbocycles. The van der Waals surface area contributed by atoms with E-state index in [9.17, 15) is 9.59 Å². The maximum atomic E-state index is 12.0. The standard InChI is InChI=1S/C16H18N4O3/c1-11(14-8-3-4-9-17-14)18-15(21)19-12-6-5-7-13(10-12)20-16(22)23-2/h3-11H,1-2H3,(H,20,22)(H2,18,19,21)/t11-/m0/s1. The van der Waals surface area contributed by atoms with Crippen LogP contribution in [0.15, 0.2) is 48.7 Å². The van der Waals surface area contributed by atoms with Crippen LogP contribution in [0.25, 0.3) is 0 Å². The first-order chi connectivity index (χ1) is 11.1. The molecular formula is C16H18N4O3. The molecule has 7 heteroatoms. The molecule has 2 aromatic rings. The number of carbonyl (C=O) groups excluding carboxylic acids is 2. The Labute approximate surface area is 134 Å². The predicted molar refractivity (Wildman–Crippen MR) is 87.3 cm³/mol. The van der Waals surface area contributed by atoms with E-state index in [1.807, 2.05) is 25.1 Å². The van der Waals surface area contributed by atoms with Crippen molar-refractivity contribution < 1.29 is 14.3 Å². The van der Waals surface area contributed by atoms with Gasteiger partial charge in [-0.25, -0.2) is 9.59 Å². The van der Waals surface area contributed by atoms with Crippen molar-refractivity contribution in [1.82, 2.24) is 10.3 Å². The summed E-state index contributed by atoms with van der Waals surface area (Å²) in [7, 11) is 1.28. The van der Waals surface area contributed by atoms with Crippen LogP contribution in [0, 0.1) is 0 Å². The molecule has 2 rings (SSSR count). The lowest BCUT2D eigenvalue weighted by atomic mass is 10.2. The number of nitrogens with one attached hydrogen (secondary N) is 3. The summed E-state index contributed by atoms with van der Waals surface area (Å²) < 4.78 is 4.52. The molecule has 0 fully saturated rings. The second-order valence-electron chi connectivity index (χ2n) is 4.77. The lowest BCUT2D eigenvalue weighted by Gasteiger charge is -2.14. The van der Waals surface area contributed by atoms with Crippen LogP contribution in [0.2, 0.25) is 0 Å². The molecule has 0 spiro atoms. The van der Waals surface area contributed by atoms with Crippen molar-refractivity contribution in [2.75, 3.05) is 17.7 Å².